The number of benzene rings is 1. The molecule has 3 rings (SSSR count). The molecule has 170 valence electrons. The molecule has 7 heteroatoms. The predicted octanol–water partition coefficient (Wildman–Crippen LogP) is 2.98. The molecule has 0 spiro atoms. The zero-order valence-electron chi connectivity index (χ0n) is 19.2. The Kier molecular flexibility index (Phi) is 10.7. The number of piperazine rings is 1. The molecule has 30 heavy (non-hydrogen) atoms. The smallest absolute Gasteiger partial charge is 0.193 e. The van der Waals surface area contributed by atoms with Crippen molar-refractivity contribution in [2.75, 3.05) is 77.5 Å². The van der Waals surface area contributed by atoms with Crippen LogP contribution in [0.1, 0.15) is 24.5 Å². The predicted molar refractivity (Wildman–Crippen MR) is 138 cm³/mol. The number of nitrogens with one attached hydrogen (secondary N) is 1. The van der Waals surface area contributed by atoms with Gasteiger partial charge in [0.15, 0.2) is 5.96 Å². The Hall–Kier alpha value is -1.06. The van der Waals surface area contributed by atoms with Crippen LogP contribution in [0.2, 0.25) is 0 Å². The van der Waals surface area contributed by atoms with Crippen LogP contribution >= 0.6 is 24.0 Å². The molecule has 2 aliphatic heterocycles. The number of guanidine groups is 1. The van der Waals surface area contributed by atoms with E-state index in [9.17, 15) is 0 Å². The Labute approximate surface area is 200 Å². The molecule has 2 fully saturated rings. The number of nitrogens with zero attached hydrogens (tertiary/aromatic N) is 4. The van der Waals surface area contributed by atoms with Gasteiger partial charge in [0.2, 0.25) is 0 Å². The zero-order chi connectivity index (χ0) is 20.6. The molecule has 1 aromatic rings. The van der Waals surface area contributed by atoms with Crippen molar-refractivity contribution >= 4 is 35.6 Å². The quantitative estimate of drug-likeness (QED) is 0.335. The third kappa shape index (κ3) is 6.72. The lowest BCUT2D eigenvalue weighted by Crippen LogP contribution is -2.49. The van der Waals surface area contributed by atoms with Crippen molar-refractivity contribution in [2.24, 2.45) is 10.9 Å². The van der Waals surface area contributed by atoms with Gasteiger partial charge < -0.3 is 19.9 Å². The highest BCUT2D eigenvalue weighted by Gasteiger charge is 2.25. The number of hydrogen-bond donors (Lipinski definition) is 1. The summed E-state index contributed by atoms with van der Waals surface area (Å²) in [6.07, 6.45) is 1.20. The van der Waals surface area contributed by atoms with Gasteiger partial charge in [-0.3, -0.25) is 9.89 Å². The standard InChI is InChI=1S/C23H39N5O.HI/c1-5-29-18-21-9-11-28(17-21)23(24-4)25-10-12-26-13-15-27(16-14-26)22-8-6-7-19(2)20(22)3;/h6-8,21H,5,9-18H2,1-4H3,(H,24,25);1H. The van der Waals surface area contributed by atoms with Gasteiger partial charge in [0.05, 0.1) is 6.61 Å². The zero-order valence-corrected chi connectivity index (χ0v) is 21.5. The van der Waals surface area contributed by atoms with Crippen LogP contribution < -0.4 is 10.2 Å². The van der Waals surface area contributed by atoms with E-state index in [0.29, 0.717) is 5.92 Å². The Bertz CT molecular complexity index is 676. The maximum absolute atomic E-state index is 5.60. The normalized spacial score (nSPS) is 20.4. The number of anilines is 1. The van der Waals surface area contributed by atoms with Crippen molar-refractivity contribution in [3.05, 3.63) is 29.3 Å². The molecule has 1 N–H and O–H groups in total. The SMILES string of the molecule is CCOCC1CCN(C(=NC)NCCN2CCN(c3cccc(C)c3C)CC2)C1.I. The highest BCUT2D eigenvalue weighted by molar-refractivity contribution is 14.0. The maximum atomic E-state index is 5.60. The Morgan fingerprint density at radius 2 is 1.93 bits per heavy atom. The summed E-state index contributed by atoms with van der Waals surface area (Å²) >= 11 is 0. The molecule has 2 aliphatic rings. The molecule has 0 radical (unpaired) electrons. The van der Waals surface area contributed by atoms with Crippen LogP contribution in [0, 0.1) is 19.8 Å². The first kappa shape index (κ1) is 25.2. The highest BCUT2D eigenvalue weighted by atomic mass is 127. The van der Waals surface area contributed by atoms with Crippen LogP contribution in [-0.4, -0.2) is 88.4 Å². The van der Waals surface area contributed by atoms with Gasteiger partial charge in [0, 0.05) is 77.6 Å². The monoisotopic (exact) mass is 529 g/mol. The van der Waals surface area contributed by atoms with Crippen molar-refractivity contribution in [1.82, 2.24) is 15.1 Å². The minimum Gasteiger partial charge on any atom is -0.381 e. The minimum atomic E-state index is 0. The molecule has 2 saturated heterocycles. The average molecular weight is 530 g/mol. The molecule has 0 saturated carbocycles. The van der Waals surface area contributed by atoms with E-state index in [-0.39, 0.29) is 24.0 Å². The molecular formula is C23H40IN5O. The maximum Gasteiger partial charge on any atom is 0.193 e. The van der Waals surface area contributed by atoms with Gasteiger partial charge in [-0.1, -0.05) is 12.1 Å². The van der Waals surface area contributed by atoms with E-state index in [1.807, 2.05) is 7.05 Å². The van der Waals surface area contributed by atoms with Crippen LogP contribution in [-0.2, 0) is 4.74 Å². The van der Waals surface area contributed by atoms with Crippen LogP contribution in [0.3, 0.4) is 0 Å². The van der Waals surface area contributed by atoms with Crippen LogP contribution in [0.4, 0.5) is 5.69 Å². The summed E-state index contributed by atoms with van der Waals surface area (Å²) in [6.45, 7) is 16.8. The van der Waals surface area contributed by atoms with E-state index in [1.165, 1.54) is 23.2 Å². The van der Waals surface area contributed by atoms with E-state index in [0.717, 1.165) is 71.5 Å². The van der Waals surface area contributed by atoms with Crippen molar-refractivity contribution in [1.29, 1.82) is 0 Å². The van der Waals surface area contributed by atoms with Crippen LogP contribution in [0.25, 0.3) is 0 Å². The lowest BCUT2D eigenvalue weighted by molar-refractivity contribution is 0.114. The van der Waals surface area contributed by atoms with Gasteiger partial charge in [0.25, 0.3) is 0 Å². The highest BCUT2D eigenvalue weighted by Crippen LogP contribution is 2.23. The van der Waals surface area contributed by atoms with Gasteiger partial charge >= 0.3 is 0 Å². The van der Waals surface area contributed by atoms with Gasteiger partial charge in [-0.25, -0.2) is 0 Å². The second-order valence-electron chi connectivity index (χ2n) is 8.28. The summed E-state index contributed by atoms with van der Waals surface area (Å²) in [6, 6.07) is 6.64. The fourth-order valence-corrected chi connectivity index (χ4v) is 4.39. The molecule has 2 heterocycles. The fourth-order valence-electron chi connectivity index (χ4n) is 4.39. The third-order valence-electron chi connectivity index (χ3n) is 6.36. The summed E-state index contributed by atoms with van der Waals surface area (Å²) in [5.74, 6) is 1.67. The number of hydrogen-bond acceptors (Lipinski definition) is 4. The lowest BCUT2D eigenvalue weighted by Gasteiger charge is -2.37. The minimum absolute atomic E-state index is 0. The summed E-state index contributed by atoms with van der Waals surface area (Å²) in [5, 5.41) is 3.57. The number of halogens is 1. The van der Waals surface area contributed by atoms with Crippen molar-refractivity contribution < 1.29 is 4.74 Å². The van der Waals surface area contributed by atoms with Crippen molar-refractivity contribution in [3.8, 4) is 0 Å². The molecule has 0 amide bonds. The Morgan fingerprint density at radius 1 is 1.17 bits per heavy atom. The van der Waals surface area contributed by atoms with Gasteiger partial charge in [0.1, 0.15) is 0 Å². The Balaban J connectivity index is 0.00000320. The summed E-state index contributed by atoms with van der Waals surface area (Å²) in [7, 11) is 1.89. The molecule has 0 aromatic heterocycles. The first-order valence-corrected chi connectivity index (χ1v) is 11.2. The van der Waals surface area contributed by atoms with Crippen LogP contribution in [0.15, 0.2) is 23.2 Å². The topological polar surface area (TPSA) is 43.3 Å². The second-order valence-corrected chi connectivity index (χ2v) is 8.28. The molecule has 1 aromatic carbocycles. The van der Waals surface area contributed by atoms with E-state index >= 15 is 0 Å². The van der Waals surface area contributed by atoms with Gasteiger partial charge in [-0.05, 0) is 44.4 Å². The van der Waals surface area contributed by atoms with E-state index in [4.69, 9.17) is 4.74 Å². The van der Waals surface area contributed by atoms with Crippen molar-refractivity contribution in [3.63, 3.8) is 0 Å². The first-order valence-electron chi connectivity index (χ1n) is 11.2. The average Bonchev–Trinajstić information content (AvgIpc) is 3.21. The van der Waals surface area contributed by atoms with Gasteiger partial charge in [-0.15, -0.1) is 24.0 Å². The third-order valence-corrected chi connectivity index (χ3v) is 6.36. The molecule has 1 atom stereocenters. The molecule has 0 bridgehead atoms. The first-order chi connectivity index (χ1) is 14.1. The summed E-state index contributed by atoms with van der Waals surface area (Å²) in [5.41, 5.74) is 4.20. The molecule has 0 aliphatic carbocycles. The number of likely N-dealkylation sites (tertiary alicyclic amines) is 1. The van der Waals surface area contributed by atoms with E-state index in [2.05, 4.69) is 64.0 Å². The Morgan fingerprint density at radius 3 is 2.63 bits per heavy atom. The van der Waals surface area contributed by atoms with Crippen molar-refractivity contribution in [2.45, 2.75) is 27.2 Å². The number of aliphatic imine (C=N–C) groups is 1. The van der Waals surface area contributed by atoms with Gasteiger partial charge in [-0.2, -0.15) is 0 Å². The van der Waals surface area contributed by atoms with E-state index < -0.39 is 0 Å². The largest absolute Gasteiger partial charge is 0.381 e. The molecular weight excluding hydrogens is 489 g/mol. The lowest BCUT2D eigenvalue weighted by atomic mass is 10.1. The number of aryl methyl sites for hydroxylation is 1. The molecule has 1 unspecified atom stereocenters. The molecule has 6 nitrogen and oxygen atoms in total. The fraction of sp³-hybridized carbons (Fsp3) is 0.696. The van der Waals surface area contributed by atoms with E-state index in [1.54, 1.807) is 0 Å². The van der Waals surface area contributed by atoms with Crippen LogP contribution in [0.5, 0.6) is 0 Å². The summed E-state index contributed by atoms with van der Waals surface area (Å²) < 4.78 is 5.60. The summed E-state index contributed by atoms with van der Waals surface area (Å²) in [4.78, 5) is 12.0. The second kappa shape index (κ2) is 12.7. The number of rotatable bonds is 7. The number of ether oxygens (including phenoxy) is 1.